The molecule has 0 aliphatic carbocycles. The Morgan fingerprint density at radius 1 is 1.12 bits per heavy atom. The second-order valence-corrected chi connectivity index (χ2v) is 7.45. The summed E-state index contributed by atoms with van der Waals surface area (Å²) in [6, 6.07) is 7.77. The van der Waals surface area contributed by atoms with Crippen LogP contribution in [-0.4, -0.2) is 55.6 Å². The number of nitro groups is 1. The highest BCUT2D eigenvalue weighted by molar-refractivity contribution is 5.92. The predicted molar refractivity (Wildman–Crippen MR) is 120 cm³/mol. The first-order chi connectivity index (χ1) is 16.1. The Labute approximate surface area is 194 Å². The molecular formula is C23H24F3N3O5. The Kier molecular flexibility index (Phi) is 7.64. The molecule has 0 N–H and O–H groups in total. The molecule has 3 rings (SSSR count). The molecule has 2 aromatic rings. The lowest BCUT2D eigenvalue weighted by atomic mass is 10.1. The van der Waals surface area contributed by atoms with Crippen LogP contribution in [0.25, 0.3) is 6.08 Å². The minimum absolute atomic E-state index is 0.0992. The normalized spacial score (nSPS) is 14.4. The van der Waals surface area contributed by atoms with Gasteiger partial charge in [0.1, 0.15) is 5.69 Å². The van der Waals surface area contributed by atoms with Crippen LogP contribution < -0.4 is 14.4 Å². The van der Waals surface area contributed by atoms with Crippen molar-refractivity contribution in [3.8, 4) is 11.5 Å². The van der Waals surface area contributed by atoms with Crippen molar-refractivity contribution in [2.75, 3.05) is 44.8 Å². The highest BCUT2D eigenvalue weighted by atomic mass is 19.4. The van der Waals surface area contributed by atoms with E-state index in [1.165, 1.54) is 13.2 Å². The smallest absolute Gasteiger partial charge is 0.416 e. The van der Waals surface area contributed by atoms with Crippen LogP contribution in [0.5, 0.6) is 11.5 Å². The average Bonchev–Trinajstić information content (AvgIpc) is 2.82. The van der Waals surface area contributed by atoms with Crippen molar-refractivity contribution >= 4 is 23.4 Å². The number of anilines is 1. The molecule has 0 saturated carbocycles. The Hall–Kier alpha value is -3.76. The summed E-state index contributed by atoms with van der Waals surface area (Å²) in [6.45, 7) is 3.40. The molecule has 11 heteroatoms. The van der Waals surface area contributed by atoms with Gasteiger partial charge in [0.05, 0.1) is 24.2 Å². The number of methoxy groups -OCH3 is 1. The maximum Gasteiger partial charge on any atom is 0.416 e. The second-order valence-electron chi connectivity index (χ2n) is 7.45. The number of ether oxygens (including phenoxy) is 2. The largest absolute Gasteiger partial charge is 0.493 e. The molecule has 2 aromatic carbocycles. The fourth-order valence-electron chi connectivity index (χ4n) is 3.62. The molecule has 0 atom stereocenters. The molecule has 1 saturated heterocycles. The fourth-order valence-corrected chi connectivity index (χ4v) is 3.62. The molecular weight excluding hydrogens is 455 g/mol. The van der Waals surface area contributed by atoms with Gasteiger partial charge in [-0.2, -0.15) is 13.2 Å². The SMILES string of the molecule is CCOc1ccc(/C=C/C(=O)N2CCN(c3ccc(C(F)(F)F)cc3[N+](=O)[O-])CC2)cc1OC. The minimum Gasteiger partial charge on any atom is -0.493 e. The number of halogens is 3. The van der Waals surface area contributed by atoms with Gasteiger partial charge in [0.2, 0.25) is 5.91 Å². The van der Waals surface area contributed by atoms with Gasteiger partial charge in [0, 0.05) is 38.3 Å². The summed E-state index contributed by atoms with van der Waals surface area (Å²) in [5.41, 5.74) is -0.846. The van der Waals surface area contributed by atoms with Gasteiger partial charge in [0.15, 0.2) is 11.5 Å². The van der Waals surface area contributed by atoms with Gasteiger partial charge in [-0.15, -0.1) is 0 Å². The van der Waals surface area contributed by atoms with E-state index in [0.29, 0.717) is 24.2 Å². The summed E-state index contributed by atoms with van der Waals surface area (Å²) >= 11 is 0. The molecule has 0 radical (unpaired) electrons. The molecule has 0 bridgehead atoms. The zero-order chi connectivity index (χ0) is 24.9. The number of amides is 1. The van der Waals surface area contributed by atoms with Crippen LogP contribution in [0.1, 0.15) is 18.1 Å². The number of benzene rings is 2. The van der Waals surface area contributed by atoms with Crippen molar-refractivity contribution in [3.05, 3.63) is 63.7 Å². The molecule has 0 aromatic heterocycles. The van der Waals surface area contributed by atoms with Crippen molar-refractivity contribution in [1.82, 2.24) is 4.90 Å². The minimum atomic E-state index is -4.67. The molecule has 1 heterocycles. The van der Waals surface area contributed by atoms with Crippen LogP contribution in [0.2, 0.25) is 0 Å². The highest BCUT2D eigenvalue weighted by Gasteiger charge is 2.34. The lowest BCUT2D eigenvalue weighted by Gasteiger charge is -2.35. The summed E-state index contributed by atoms with van der Waals surface area (Å²) in [5, 5.41) is 11.4. The van der Waals surface area contributed by atoms with Gasteiger partial charge in [-0.25, -0.2) is 0 Å². The van der Waals surface area contributed by atoms with Gasteiger partial charge in [-0.3, -0.25) is 14.9 Å². The molecule has 0 unspecified atom stereocenters. The van der Waals surface area contributed by atoms with Crippen molar-refractivity contribution in [2.45, 2.75) is 13.1 Å². The third kappa shape index (κ3) is 5.77. The number of hydrogen-bond donors (Lipinski definition) is 0. The summed E-state index contributed by atoms with van der Waals surface area (Å²) in [4.78, 5) is 26.3. The summed E-state index contributed by atoms with van der Waals surface area (Å²) < 4.78 is 49.6. The lowest BCUT2D eigenvalue weighted by Crippen LogP contribution is -2.48. The number of piperazine rings is 1. The van der Waals surface area contributed by atoms with Gasteiger partial charge in [-0.1, -0.05) is 6.07 Å². The van der Waals surface area contributed by atoms with Gasteiger partial charge < -0.3 is 19.3 Å². The summed E-state index contributed by atoms with van der Waals surface area (Å²) in [5.74, 6) is 0.902. The Bertz CT molecular complexity index is 1080. The van der Waals surface area contributed by atoms with Crippen LogP contribution in [-0.2, 0) is 11.0 Å². The standard InChI is InChI=1S/C23H24F3N3O5/c1-3-34-20-8-4-16(14-21(20)33-2)5-9-22(30)28-12-10-27(11-13-28)18-7-6-17(23(24,25)26)15-19(18)29(31)32/h4-9,14-15H,3,10-13H2,1-2H3/b9-5+. The van der Waals surface area contributed by atoms with Crippen molar-refractivity contribution in [2.24, 2.45) is 0 Å². The van der Waals surface area contributed by atoms with Crippen LogP contribution in [0.3, 0.4) is 0 Å². The zero-order valence-corrected chi connectivity index (χ0v) is 18.7. The van der Waals surface area contributed by atoms with E-state index in [1.54, 1.807) is 34.1 Å². The van der Waals surface area contributed by atoms with Crippen molar-refractivity contribution in [3.63, 3.8) is 0 Å². The first kappa shape index (κ1) is 24.9. The fraction of sp³-hybridized carbons (Fsp3) is 0.348. The third-order valence-electron chi connectivity index (χ3n) is 5.34. The molecule has 1 amide bonds. The van der Waals surface area contributed by atoms with E-state index in [4.69, 9.17) is 9.47 Å². The second kappa shape index (κ2) is 10.4. The Morgan fingerprint density at radius 3 is 2.41 bits per heavy atom. The average molecular weight is 479 g/mol. The van der Waals surface area contributed by atoms with Gasteiger partial charge in [0.25, 0.3) is 5.69 Å². The maximum absolute atomic E-state index is 12.9. The zero-order valence-electron chi connectivity index (χ0n) is 18.7. The topological polar surface area (TPSA) is 85.2 Å². The first-order valence-corrected chi connectivity index (χ1v) is 10.5. The number of rotatable bonds is 7. The monoisotopic (exact) mass is 479 g/mol. The number of carbonyl (C=O) groups excluding carboxylic acids is 1. The van der Waals surface area contributed by atoms with Crippen LogP contribution in [0.4, 0.5) is 24.5 Å². The van der Waals surface area contributed by atoms with Crippen LogP contribution in [0, 0.1) is 10.1 Å². The molecule has 182 valence electrons. The Balaban J connectivity index is 1.66. The van der Waals surface area contributed by atoms with Gasteiger partial charge in [-0.05, 0) is 42.8 Å². The third-order valence-corrected chi connectivity index (χ3v) is 5.34. The molecule has 34 heavy (non-hydrogen) atoms. The van der Waals surface area contributed by atoms with E-state index >= 15 is 0 Å². The highest BCUT2D eigenvalue weighted by Crippen LogP contribution is 2.36. The Morgan fingerprint density at radius 2 is 1.82 bits per heavy atom. The molecule has 1 fully saturated rings. The van der Waals surface area contributed by atoms with E-state index in [0.717, 1.165) is 17.7 Å². The molecule has 1 aliphatic heterocycles. The molecule has 8 nitrogen and oxygen atoms in total. The summed E-state index contributed by atoms with van der Waals surface area (Å²) in [7, 11) is 1.52. The lowest BCUT2D eigenvalue weighted by molar-refractivity contribution is -0.384. The number of nitro benzene ring substituents is 1. The van der Waals surface area contributed by atoms with Crippen LogP contribution >= 0.6 is 0 Å². The van der Waals surface area contributed by atoms with Crippen molar-refractivity contribution in [1.29, 1.82) is 0 Å². The molecule has 1 aliphatic rings. The van der Waals surface area contributed by atoms with E-state index < -0.39 is 22.4 Å². The number of carbonyl (C=O) groups is 1. The number of nitrogens with zero attached hydrogens (tertiary/aromatic N) is 3. The summed E-state index contributed by atoms with van der Waals surface area (Å²) in [6.07, 6.45) is -1.60. The predicted octanol–water partition coefficient (Wildman–Crippen LogP) is 4.38. The van der Waals surface area contributed by atoms with Gasteiger partial charge >= 0.3 is 6.18 Å². The van der Waals surface area contributed by atoms with E-state index in [9.17, 15) is 28.1 Å². The number of alkyl halides is 3. The van der Waals surface area contributed by atoms with E-state index in [-0.39, 0.29) is 37.8 Å². The maximum atomic E-state index is 12.9. The quantitative estimate of drug-likeness (QED) is 0.333. The van der Waals surface area contributed by atoms with E-state index in [2.05, 4.69) is 0 Å². The molecule has 0 spiro atoms. The first-order valence-electron chi connectivity index (χ1n) is 10.5. The van der Waals surface area contributed by atoms with Crippen molar-refractivity contribution < 1.29 is 32.4 Å². The number of hydrogen-bond acceptors (Lipinski definition) is 6. The van der Waals surface area contributed by atoms with E-state index in [1.807, 2.05) is 6.92 Å². The van der Waals surface area contributed by atoms with Crippen LogP contribution in [0.15, 0.2) is 42.5 Å².